The fraction of sp³-hybridized carbons (Fsp3) is 0.333. The fourth-order valence-corrected chi connectivity index (χ4v) is 4.97. The van der Waals surface area contributed by atoms with Crippen molar-refractivity contribution in [1.29, 1.82) is 0 Å². The Labute approximate surface area is 269 Å². The summed E-state index contributed by atoms with van der Waals surface area (Å²) in [5, 5.41) is 0. The molecule has 0 spiro atoms. The first kappa shape index (κ1) is 36.3. The van der Waals surface area contributed by atoms with E-state index in [1.165, 1.54) is 86.4 Å². The molecule has 0 aliphatic heterocycles. The van der Waals surface area contributed by atoms with Gasteiger partial charge >= 0.3 is 68.0 Å². The van der Waals surface area contributed by atoms with Crippen molar-refractivity contribution >= 4 is 3.71 Å². The number of hydrogen-bond donors (Lipinski definition) is 0. The van der Waals surface area contributed by atoms with Crippen LogP contribution in [0, 0.1) is 32.7 Å². The van der Waals surface area contributed by atoms with Crippen LogP contribution in [0.5, 0.6) is 0 Å². The van der Waals surface area contributed by atoms with Crippen LogP contribution in [0.15, 0.2) is 66.7 Å². The minimum absolute atomic E-state index is 0. The molecule has 0 saturated heterocycles. The van der Waals surface area contributed by atoms with Gasteiger partial charge in [-0.2, -0.15) is 52.1 Å². The first-order chi connectivity index (χ1) is 17.7. The van der Waals surface area contributed by atoms with Crippen LogP contribution in [-0.2, 0) is 41.5 Å². The van der Waals surface area contributed by atoms with E-state index in [9.17, 15) is 4.39 Å². The predicted octanol–water partition coefficient (Wildman–Crippen LogP) is 3.51. The normalized spacial score (nSPS) is 11.4. The summed E-state index contributed by atoms with van der Waals surface area (Å²) in [7, 11) is 0. The minimum atomic E-state index is -0.170. The van der Waals surface area contributed by atoms with Gasteiger partial charge in [0.05, 0.1) is 0 Å². The molecule has 0 bridgehead atoms. The third-order valence-electron chi connectivity index (χ3n) is 7.07. The van der Waals surface area contributed by atoms with Crippen LogP contribution < -0.4 is 24.8 Å². The molecule has 5 rings (SSSR count). The molecule has 4 heteroatoms. The van der Waals surface area contributed by atoms with E-state index < -0.39 is 0 Å². The van der Waals surface area contributed by atoms with E-state index in [1.807, 2.05) is 3.71 Å². The van der Waals surface area contributed by atoms with Crippen LogP contribution in [0.1, 0.15) is 86.1 Å². The first-order valence-corrected chi connectivity index (χ1v) is 14.8. The number of fused-ring (bicyclic) bond motifs is 3. The standard InChI is InChI=1S/C21H25.C8H11.C7H5F.2ClH.Zr/c1-20(2,3)16-9-7-14-11-15-8-10-17(21(4,5)6)13-19(15)18(14)12-16;1-6-4-7(2)8(3)5-6;1-6-2-4-7(8)5-3-6;;;/h7,9-10,12-13H,11H2,1-6H3;4-5H,1-3H3;1-5H;2*1H;/q2*-1;;;;+2/p-2. The monoisotopic (exact) mass is 652 g/mol. The van der Waals surface area contributed by atoms with Gasteiger partial charge in [-0.3, -0.25) is 0 Å². The van der Waals surface area contributed by atoms with Gasteiger partial charge in [-0.05, 0) is 17.4 Å². The Balaban J connectivity index is 0.000000350. The largest absolute Gasteiger partial charge is 1.00 e. The molecule has 0 fully saturated rings. The Morgan fingerprint density at radius 2 is 1.38 bits per heavy atom. The Morgan fingerprint density at radius 1 is 0.800 bits per heavy atom. The zero-order valence-electron chi connectivity index (χ0n) is 25.3. The molecule has 0 nitrogen and oxygen atoms in total. The summed E-state index contributed by atoms with van der Waals surface area (Å²) < 4.78 is 14.2. The summed E-state index contributed by atoms with van der Waals surface area (Å²) in [6, 6.07) is 25.9. The summed E-state index contributed by atoms with van der Waals surface area (Å²) in [5.41, 5.74) is 14.0. The average Bonchev–Trinajstić information content (AvgIpc) is 3.35. The molecule has 1 aliphatic carbocycles. The summed E-state index contributed by atoms with van der Waals surface area (Å²) in [6.45, 7) is 20.1. The van der Waals surface area contributed by atoms with Crippen molar-refractivity contribution in [2.24, 2.45) is 0 Å². The fourth-order valence-electron chi connectivity index (χ4n) is 4.50. The molecule has 212 valence electrons. The molecule has 0 saturated carbocycles. The molecular weight excluding hydrogens is 614 g/mol. The molecule has 40 heavy (non-hydrogen) atoms. The average molecular weight is 655 g/mol. The van der Waals surface area contributed by atoms with E-state index in [0.29, 0.717) is 0 Å². The van der Waals surface area contributed by atoms with Crippen LogP contribution in [0.3, 0.4) is 0 Å². The molecule has 0 amide bonds. The van der Waals surface area contributed by atoms with Gasteiger partial charge in [0.25, 0.3) is 0 Å². The smallest absolute Gasteiger partial charge is 1.00 e. The van der Waals surface area contributed by atoms with Crippen LogP contribution in [0.25, 0.3) is 11.1 Å². The third kappa shape index (κ3) is 9.68. The quantitative estimate of drug-likeness (QED) is 0.243. The summed E-state index contributed by atoms with van der Waals surface area (Å²) in [4.78, 5) is 0. The molecule has 4 aromatic carbocycles. The van der Waals surface area contributed by atoms with Gasteiger partial charge in [0.1, 0.15) is 0 Å². The topological polar surface area (TPSA) is 0 Å². The SMILES string of the molecule is CC(C)(C)c1c[c-]c2c(c1)-c1cc(C(C)(C)C)ccc1C2.Cc1cc(C)c(C)[cH-]1.Fc1ccc([CH]=[Zr+2])cc1.[Cl-].[Cl-]. The van der Waals surface area contributed by atoms with Gasteiger partial charge < -0.3 is 24.8 Å². The number of halogens is 3. The van der Waals surface area contributed by atoms with Crippen molar-refractivity contribution in [2.45, 2.75) is 79.6 Å². The number of aryl methyl sites for hydroxylation is 3. The summed E-state index contributed by atoms with van der Waals surface area (Å²) >= 11 is 1.34. The van der Waals surface area contributed by atoms with Crippen molar-refractivity contribution in [3.05, 3.63) is 123 Å². The van der Waals surface area contributed by atoms with E-state index in [1.54, 1.807) is 12.1 Å². The van der Waals surface area contributed by atoms with Crippen LogP contribution in [0.4, 0.5) is 4.39 Å². The Bertz CT molecular complexity index is 1320. The van der Waals surface area contributed by atoms with Gasteiger partial charge in [-0.1, -0.05) is 97.1 Å². The zero-order chi connectivity index (χ0) is 28.3. The van der Waals surface area contributed by atoms with E-state index in [-0.39, 0.29) is 41.5 Å². The Kier molecular flexibility index (Phi) is 13.6. The molecule has 0 aromatic heterocycles. The van der Waals surface area contributed by atoms with Crippen molar-refractivity contribution in [2.75, 3.05) is 0 Å². The maximum Gasteiger partial charge on any atom is -1.00 e. The third-order valence-corrected chi connectivity index (χ3v) is 7.89. The molecule has 0 unspecified atom stereocenters. The number of benzene rings is 3. The summed E-state index contributed by atoms with van der Waals surface area (Å²) in [5.74, 6) is -0.170. The van der Waals surface area contributed by atoms with E-state index in [0.717, 1.165) is 12.0 Å². The van der Waals surface area contributed by atoms with Crippen molar-refractivity contribution in [3.63, 3.8) is 0 Å². The van der Waals surface area contributed by atoms with Crippen LogP contribution >= 0.6 is 0 Å². The molecule has 0 atom stereocenters. The van der Waals surface area contributed by atoms with E-state index in [4.69, 9.17) is 0 Å². The molecular formula is C36H41Cl2FZr-2. The van der Waals surface area contributed by atoms with Gasteiger partial charge in [-0.25, -0.2) is 6.07 Å². The first-order valence-electron chi connectivity index (χ1n) is 13.3. The van der Waals surface area contributed by atoms with Crippen molar-refractivity contribution in [3.8, 4) is 11.1 Å². The van der Waals surface area contributed by atoms with Crippen molar-refractivity contribution < 1.29 is 53.4 Å². The van der Waals surface area contributed by atoms with Gasteiger partial charge in [0.15, 0.2) is 0 Å². The van der Waals surface area contributed by atoms with Gasteiger partial charge in [0, 0.05) is 0 Å². The number of rotatable bonds is 1. The van der Waals surface area contributed by atoms with Crippen LogP contribution in [0.2, 0.25) is 0 Å². The maximum atomic E-state index is 12.2. The van der Waals surface area contributed by atoms with E-state index >= 15 is 0 Å². The Morgan fingerprint density at radius 3 is 1.82 bits per heavy atom. The number of hydrogen-bond acceptors (Lipinski definition) is 0. The predicted molar refractivity (Wildman–Crippen MR) is 159 cm³/mol. The molecule has 4 aromatic rings. The van der Waals surface area contributed by atoms with Crippen LogP contribution in [-0.4, -0.2) is 3.71 Å². The van der Waals surface area contributed by atoms with Gasteiger partial charge in [-0.15, -0.1) is 5.56 Å². The minimum Gasteiger partial charge on any atom is -1.00 e. The molecule has 0 N–H and O–H groups in total. The molecule has 1 aliphatic rings. The second-order valence-corrected chi connectivity index (χ2v) is 13.1. The maximum absolute atomic E-state index is 12.2. The Hall–Kier alpha value is -1.73. The van der Waals surface area contributed by atoms with Gasteiger partial charge in [0.2, 0.25) is 0 Å². The second-order valence-electron chi connectivity index (χ2n) is 12.4. The summed E-state index contributed by atoms with van der Waals surface area (Å²) in [6.07, 6.45) is 1.03. The second kappa shape index (κ2) is 15.0. The molecule has 0 heterocycles. The van der Waals surface area contributed by atoms with Crippen molar-refractivity contribution in [1.82, 2.24) is 0 Å². The molecule has 0 radical (unpaired) electrons. The van der Waals surface area contributed by atoms with E-state index in [2.05, 4.69) is 111 Å². The zero-order valence-corrected chi connectivity index (χ0v) is 29.2.